The molecule has 1 aromatic rings. The number of nitrogens with two attached hydrogens (primary N) is 1. The zero-order chi connectivity index (χ0) is 14.3. The molecule has 0 saturated heterocycles. The van der Waals surface area contributed by atoms with Crippen LogP contribution in [0.2, 0.25) is 0 Å². The molecule has 106 valence electrons. The van der Waals surface area contributed by atoms with Gasteiger partial charge in [-0.1, -0.05) is 6.92 Å². The van der Waals surface area contributed by atoms with Crippen LogP contribution >= 0.6 is 0 Å². The molecule has 1 aromatic carbocycles. The lowest BCUT2D eigenvalue weighted by atomic mass is 10.1. The molecule has 1 aliphatic rings. The predicted octanol–water partition coefficient (Wildman–Crippen LogP) is 2.35. The zero-order valence-corrected chi connectivity index (χ0v) is 12.6. The summed E-state index contributed by atoms with van der Waals surface area (Å²) in [5.41, 5.74) is 7.93. The van der Waals surface area contributed by atoms with Crippen molar-refractivity contribution in [1.82, 2.24) is 4.72 Å². The first-order valence-corrected chi connectivity index (χ1v) is 8.14. The van der Waals surface area contributed by atoms with Crippen molar-refractivity contribution in [2.75, 3.05) is 12.3 Å². The first kappa shape index (κ1) is 14.3. The predicted molar refractivity (Wildman–Crippen MR) is 77.5 cm³/mol. The average Bonchev–Trinajstić information content (AvgIpc) is 3.05. The Morgan fingerprint density at radius 3 is 2.21 bits per heavy atom. The summed E-state index contributed by atoms with van der Waals surface area (Å²) in [5, 5.41) is 0. The van der Waals surface area contributed by atoms with Crippen LogP contribution in [0.5, 0.6) is 0 Å². The maximum Gasteiger partial charge on any atom is 0.241 e. The first-order chi connectivity index (χ1) is 8.80. The minimum absolute atomic E-state index is 0.197. The van der Waals surface area contributed by atoms with Crippen LogP contribution in [-0.4, -0.2) is 15.0 Å². The molecule has 5 heteroatoms. The van der Waals surface area contributed by atoms with Gasteiger partial charge in [-0.05, 0) is 61.8 Å². The Hall–Kier alpha value is -1.07. The van der Waals surface area contributed by atoms with Crippen molar-refractivity contribution >= 4 is 15.7 Å². The second-order valence-corrected chi connectivity index (χ2v) is 7.37. The highest BCUT2D eigenvalue weighted by atomic mass is 32.2. The maximum absolute atomic E-state index is 12.4. The highest BCUT2D eigenvalue weighted by Gasteiger charge is 2.41. The smallest absolute Gasteiger partial charge is 0.241 e. The van der Waals surface area contributed by atoms with E-state index in [4.69, 9.17) is 5.73 Å². The molecule has 0 aliphatic heterocycles. The Labute approximate surface area is 115 Å². The number of anilines is 1. The number of nitrogen functional groups attached to an aromatic ring is 1. The topological polar surface area (TPSA) is 72.2 Å². The van der Waals surface area contributed by atoms with Crippen LogP contribution in [0.3, 0.4) is 0 Å². The monoisotopic (exact) mass is 282 g/mol. The summed E-state index contributed by atoms with van der Waals surface area (Å²) in [6, 6.07) is 3.41. The Bertz CT molecular complexity index is 566. The van der Waals surface area contributed by atoms with E-state index < -0.39 is 10.0 Å². The van der Waals surface area contributed by atoms with E-state index in [2.05, 4.69) is 11.6 Å². The summed E-state index contributed by atoms with van der Waals surface area (Å²) < 4.78 is 27.6. The quantitative estimate of drug-likeness (QED) is 0.814. The number of nitrogens with one attached hydrogen (secondary N) is 1. The lowest BCUT2D eigenvalue weighted by molar-refractivity contribution is 0.475. The number of sulfonamides is 1. The molecular formula is C14H22N2O2S. The molecule has 1 saturated carbocycles. The van der Waals surface area contributed by atoms with E-state index in [0.29, 0.717) is 28.3 Å². The van der Waals surface area contributed by atoms with Crippen LogP contribution in [0.25, 0.3) is 0 Å². The lowest BCUT2D eigenvalue weighted by Gasteiger charge is -2.16. The summed E-state index contributed by atoms with van der Waals surface area (Å²) in [5.74, 6) is 0. The van der Waals surface area contributed by atoms with E-state index in [1.165, 1.54) is 0 Å². The molecule has 19 heavy (non-hydrogen) atoms. The van der Waals surface area contributed by atoms with Crippen molar-refractivity contribution in [2.24, 2.45) is 5.41 Å². The van der Waals surface area contributed by atoms with Crippen LogP contribution < -0.4 is 10.5 Å². The van der Waals surface area contributed by atoms with Crippen molar-refractivity contribution in [3.8, 4) is 0 Å². The van der Waals surface area contributed by atoms with Gasteiger partial charge in [-0.3, -0.25) is 0 Å². The molecule has 1 fully saturated rings. The standard InChI is InChI=1S/C14H22N2O2S/c1-4-14(5-6-14)9-16-19(17,18)13-10(2)7-12(15)8-11(13)3/h7-8,16H,4-6,9,15H2,1-3H3. The molecular weight excluding hydrogens is 260 g/mol. The van der Waals surface area contributed by atoms with Gasteiger partial charge >= 0.3 is 0 Å². The first-order valence-electron chi connectivity index (χ1n) is 6.66. The van der Waals surface area contributed by atoms with E-state index in [9.17, 15) is 8.42 Å². The van der Waals surface area contributed by atoms with E-state index in [-0.39, 0.29) is 5.41 Å². The normalized spacial score (nSPS) is 17.4. The second kappa shape index (κ2) is 4.80. The maximum atomic E-state index is 12.4. The van der Waals surface area contributed by atoms with Gasteiger partial charge in [0.2, 0.25) is 10.0 Å². The van der Waals surface area contributed by atoms with E-state index in [1.54, 1.807) is 26.0 Å². The summed E-state index contributed by atoms with van der Waals surface area (Å²) >= 11 is 0. The molecule has 0 bridgehead atoms. The molecule has 0 aromatic heterocycles. The van der Waals surface area contributed by atoms with Crippen LogP contribution in [0.4, 0.5) is 5.69 Å². The fraction of sp³-hybridized carbons (Fsp3) is 0.571. The van der Waals surface area contributed by atoms with Gasteiger partial charge in [-0.15, -0.1) is 0 Å². The van der Waals surface area contributed by atoms with Gasteiger partial charge in [-0.25, -0.2) is 13.1 Å². The molecule has 0 unspecified atom stereocenters. The Morgan fingerprint density at radius 2 is 1.79 bits per heavy atom. The molecule has 3 N–H and O–H groups in total. The lowest BCUT2D eigenvalue weighted by Crippen LogP contribution is -2.31. The van der Waals surface area contributed by atoms with Crippen molar-refractivity contribution < 1.29 is 8.42 Å². The van der Waals surface area contributed by atoms with E-state index in [1.807, 2.05) is 0 Å². The molecule has 0 atom stereocenters. The van der Waals surface area contributed by atoms with Crippen LogP contribution in [0.1, 0.15) is 37.3 Å². The minimum Gasteiger partial charge on any atom is -0.399 e. The fourth-order valence-corrected chi connectivity index (χ4v) is 4.17. The van der Waals surface area contributed by atoms with Crippen molar-refractivity contribution in [2.45, 2.75) is 44.9 Å². The van der Waals surface area contributed by atoms with Gasteiger partial charge < -0.3 is 5.73 Å². The Balaban J connectivity index is 2.25. The highest BCUT2D eigenvalue weighted by Crippen LogP contribution is 2.48. The molecule has 4 nitrogen and oxygen atoms in total. The number of benzene rings is 1. The number of hydrogen-bond donors (Lipinski definition) is 2. The van der Waals surface area contributed by atoms with E-state index >= 15 is 0 Å². The third-order valence-electron chi connectivity index (χ3n) is 4.10. The third-order valence-corrected chi connectivity index (χ3v) is 5.80. The highest BCUT2D eigenvalue weighted by molar-refractivity contribution is 7.89. The SMILES string of the molecule is CCC1(CNS(=O)(=O)c2c(C)cc(N)cc2C)CC1. The summed E-state index contributed by atoms with van der Waals surface area (Å²) in [4.78, 5) is 0.369. The minimum atomic E-state index is -3.45. The van der Waals surface area contributed by atoms with Gasteiger partial charge in [0.1, 0.15) is 0 Å². The number of hydrogen-bond acceptors (Lipinski definition) is 3. The van der Waals surface area contributed by atoms with Crippen LogP contribution in [0, 0.1) is 19.3 Å². The average molecular weight is 282 g/mol. The van der Waals surface area contributed by atoms with Crippen molar-refractivity contribution in [1.29, 1.82) is 0 Å². The van der Waals surface area contributed by atoms with Gasteiger partial charge in [0.05, 0.1) is 4.90 Å². The molecule has 1 aliphatic carbocycles. The zero-order valence-electron chi connectivity index (χ0n) is 11.8. The summed E-state index contributed by atoms with van der Waals surface area (Å²) in [6.45, 7) is 6.21. The van der Waals surface area contributed by atoms with Gasteiger partial charge in [0, 0.05) is 12.2 Å². The summed E-state index contributed by atoms with van der Waals surface area (Å²) in [6.07, 6.45) is 3.26. The summed E-state index contributed by atoms with van der Waals surface area (Å²) in [7, 11) is -3.45. The number of aryl methyl sites for hydroxylation is 2. The molecule has 0 heterocycles. The van der Waals surface area contributed by atoms with Crippen molar-refractivity contribution in [3.05, 3.63) is 23.3 Å². The van der Waals surface area contributed by atoms with Gasteiger partial charge in [-0.2, -0.15) is 0 Å². The largest absolute Gasteiger partial charge is 0.399 e. The van der Waals surface area contributed by atoms with Crippen molar-refractivity contribution in [3.63, 3.8) is 0 Å². The van der Waals surface area contributed by atoms with Gasteiger partial charge in [0.25, 0.3) is 0 Å². The molecule has 0 amide bonds. The van der Waals surface area contributed by atoms with Crippen LogP contribution in [0.15, 0.2) is 17.0 Å². The number of rotatable bonds is 5. The molecule has 0 spiro atoms. The third kappa shape index (κ3) is 2.92. The van der Waals surface area contributed by atoms with Gasteiger partial charge in [0.15, 0.2) is 0 Å². The second-order valence-electron chi connectivity index (χ2n) is 5.66. The molecule has 2 rings (SSSR count). The Morgan fingerprint density at radius 1 is 1.26 bits per heavy atom. The molecule has 0 radical (unpaired) electrons. The fourth-order valence-electron chi connectivity index (χ4n) is 2.56. The Kier molecular flexibility index (Phi) is 3.62. The van der Waals surface area contributed by atoms with E-state index in [0.717, 1.165) is 19.3 Å². The van der Waals surface area contributed by atoms with Crippen LogP contribution in [-0.2, 0) is 10.0 Å².